The van der Waals surface area contributed by atoms with Crippen LogP contribution in [0.1, 0.15) is 21.5 Å². The molecule has 5 heteroatoms. The van der Waals surface area contributed by atoms with Crippen molar-refractivity contribution in [2.45, 2.75) is 6.54 Å². The molecular formula is C16H13FN2O2. The highest BCUT2D eigenvalue weighted by Gasteiger charge is 2.12. The summed E-state index contributed by atoms with van der Waals surface area (Å²) in [6, 6.07) is 12.9. The first-order valence-corrected chi connectivity index (χ1v) is 6.24. The van der Waals surface area contributed by atoms with E-state index in [2.05, 4.69) is 6.07 Å². The fourth-order valence-electron chi connectivity index (χ4n) is 2.05. The Kier molecular flexibility index (Phi) is 4.19. The van der Waals surface area contributed by atoms with Gasteiger partial charge in [-0.15, -0.1) is 0 Å². The Hall–Kier alpha value is -2.87. The third-order valence-corrected chi connectivity index (χ3v) is 3.08. The average Bonchev–Trinajstić information content (AvgIpc) is 2.47. The molecule has 0 aliphatic rings. The maximum absolute atomic E-state index is 14.0. The van der Waals surface area contributed by atoms with E-state index < -0.39 is 11.8 Å². The van der Waals surface area contributed by atoms with E-state index >= 15 is 0 Å². The molecule has 0 aromatic heterocycles. The van der Waals surface area contributed by atoms with Crippen LogP contribution in [0.25, 0.3) is 0 Å². The highest BCUT2D eigenvalue weighted by molar-refractivity contribution is 5.88. The van der Waals surface area contributed by atoms with Crippen LogP contribution in [0.4, 0.5) is 10.1 Å². The molecule has 0 unspecified atom stereocenters. The third kappa shape index (κ3) is 3.37. The maximum Gasteiger partial charge on any atom is 0.335 e. The van der Waals surface area contributed by atoms with Crippen LogP contribution in [0.15, 0.2) is 42.5 Å². The number of nitriles is 1. The largest absolute Gasteiger partial charge is 0.478 e. The summed E-state index contributed by atoms with van der Waals surface area (Å²) in [6.07, 6.45) is 0. The molecule has 0 atom stereocenters. The third-order valence-electron chi connectivity index (χ3n) is 3.08. The summed E-state index contributed by atoms with van der Waals surface area (Å²) >= 11 is 0. The molecule has 21 heavy (non-hydrogen) atoms. The van der Waals surface area contributed by atoms with Crippen molar-refractivity contribution in [3.63, 3.8) is 0 Å². The van der Waals surface area contributed by atoms with Gasteiger partial charge in [0.05, 0.1) is 22.9 Å². The molecule has 0 amide bonds. The molecule has 0 radical (unpaired) electrons. The Morgan fingerprint density at radius 3 is 2.71 bits per heavy atom. The second kappa shape index (κ2) is 6.06. The van der Waals surface area contributed by atoms with E-state index in [1.807, 2.05) is 6.07 Å². The van der Waals surface area contributed by atoms with Crippen molar-refractivity contribution in [1.29, 1.82) is 5.26 Å². The number of rotatable bonds is 4. The normalized spacial score (nSPS) is 9.95. The van der Waals surface area contributed by atoms with Gasteiger partial charge in [0, 0.05) is 13.6 Å². The number of halogens is 1. The van der Waals surface area contributed by atoms with Crippen LogP contribution < -0.4 is 4.90 Å². The van der Waals surface area contributed by atoms with Gasteiger partial charge in [-0.2, -0.15) is 5.26 Å². The molecule has 106 valence electrons. The van der Waals surface area contributed by atoms with Crippen LogP contribution in [0, 0.1) is 17.1 Å². The fourth-order valence-corrected chi connectivity index (χ4v) is 2.05. The summed E-state index contributed by atoms with van der Waals surface area (Å²) in [5.74, 6) is -1.75. The first kappa shape index (κ1) is 14.5. The molecule has 0 heterocycles. The number of carbonyl (C=O) groups is 1. The molecule has 2 aromatic rings. The minimum atomic E-state index is -1.16. The molecular weight excluding hydrogens is 271 g/mol. The van der Waals surface area contributed by atoms with Crippen molar-refractivity contribution < 1.29 is 14.3 Å². The summed E-state index contributed by atoms with van der Waals surface area (Å²) in [5.41, 5.74) is 1.64. The van der Waals surface area contributed by atoms with Gasteiger partial charge in [0.2, 0.25) is 0 Å². The van der Waals surface area contributed by atoms with E-state index in [1.54, 1.807) is 30.1 Å². The molecule has 2 rings (SSSR count). The number of aromatic carboxylic acids is 1. The second-order valence-electron chi connectivity index (χ2n) is 4.64. The highest BCUT2D eigenvalue weighted by atomic mass is 19.1. The predicted molar refractivity (Wildman–Crippen MR) is 76.6 cm³/mol. The molecule has 0 bridgehead atoms. The Labute approximate surface area is 121 Å². The molecule has 2 aromatic carbocycles. The second-order valence-corrected chi connectivity index (χ2v) is 4.64. The number of hydrogen-bond acceptors (Lipinski definition) is 3. The van der Waals surface area contributed by atoms with Crippen molar-refractivity contribution in [3.05, 3.63) is 65.0 Å². The van der Waals surface area contributed by atoms with E-state index in [9.17, 15) is 9.18 Å². The van der Waals surface area contributed by atoms with Gasteiger partial charge in [-0.3, -0.25) is 0 Å². The smallest absolute Gasteiger partial charge is 0.335 e. The van der Waals surface area contributed by atoms with Crippen LogP contribution in [0.3, 0.4) is 0 Å². The van der Waals surface area contributed by atoms with Crippen molar-refractivity contribution in [2.24, 2.45) is 0 Å². The van der Waals surface area contributed by atoms with Gasteiger partial charge in [0.25, 0.3) is 0 Å². The van der Waals surface area contributed by atoms with Gasteiger partial charge >= 0.3 is 5.97 Å². The average molecular weight is 284 g/mol. The van der Waals surface area contributed by atoms with Gasteiger partial charge in [-0.1, -0.05) is 12.1 Å². The molecule has 0 spiro atoms. The van der Waals surface area contributed by atoms with Gasteiger partial charge in [-0.25, -0.2) is 9.18 Å². The van der Waals surface area contributed by atoms with E-state index in [-0.39, 0.29) is 5.56 Å². The van der Waals surface area contributed by atoms with Crippen LogP contribution in [-0.4, -0.2) is 18.1 Å². The van der Waals surface area contributed by atoms with Gasteiger partial charge in [-0.05, 0) is 35.9 Å². The SMILES string of the molecule is CN(Cc1cccc(C#N)c1)c1ccc(C(=O)O)cc1F. The molecule has 4 nitrogen and oxygen atoms in total. The topological polar surface area (TPSA) is 64.3 Å². The zero-order valence-electron chi connectivity index (χ0n) is 11.4. The summed E-state index contributed by atoms with van der Waals surface area (Å²) < 4.78 is 14.0. The first-order chi connectivity index (χ1) is 10.0. The summed E-state index contributed by atoms with van der Waals surface area (Å²) in [5, 5.41) is 17.7. The lowest BCUT2D eigenvalue weighted by molar-refractivity contribution is 0.0696. The van der Waals surface area contributed by atoms with Gasteiger partial charge < -0.3 is 10.0 Å². The van der Waals surface area contributed by atoms with Crippen molar-refractivity contribution in [3.8, 4) is 6.07 Å². The zero-order chi connectivity index (χ0) is 15.4. The maximum atomic E-state index is 14.0. The summed E-state index contributed by atoms with van der Waals surface area (Å²) in [4.78, 5) is 12.4. The van der Waals surface area contributed by atoms with E-state index in [4.69, 9.17) is 10.4 Å². The van der Waals surface area contributed by atoms with Crippen molar-refractivity contribution in [2.75, 3.05) is 11.9 Å². The minimum absolute atomic E-state index is 0.0869. The van der Waals surface area contributed by atoms with E-state index in [0.717, 1.165) is 11.6 Å². The number of nitrogens with zero attached hydrogens (tertiary/aromatic N) is 2. The summed E-state index contributed by atoms with van der Waals surface area (Å²) in [6.45, 7) is 0.416. The lowest BCUT2D eigenvalue weighted by Gasteiger charge is -2.20. The van der Waals surface area contributed by atoms with Crippen LogP contribution >= 0.6 is 0 Å². The minimum Gasteiger partial charge on any atom is -0.478 e. The quantitative estimate of drug-likeness (QED) is 0.937. The van der Waals surface area contributed by atoms with Crippen molar-refractivity contribution >= 4 is 11.7 Å². The Morgan fingerprint density at radius 2 is 2.10 bits per heavy atom. The lowest BCUT2D eigenvalue weighted by atomic mass is 10.1. The molecule has 1 N–H and O–H groups in total. The number of benzene rings is 2. The van der Waals surface area contributed by atoms with Crippen molar-refractivity contribution in [1.82, 2.24) is 0 Å². The Bertz CT molecular complexity index is 722. The molecule has 0 fully saturated rings. The zero-order valence-corrected chi connectivity index (χ0v) is 11.4. The number of anilines is 1. The van der Waals surface area contributed by atoms with Gasteiger partial charge in [0.15, 0.2) is 0 Å². The first-order valence-electron chi connectivity index (χ1n) is 6.24. The summed E-state index contributed by atoms with van der Waals surface area (Å²) in [7, 11) is 1.71. The molecule has 0 saturated heterocycles. The van der Waals surface area contributed by atoms with Crippen LogP contribution in [0.2, 0.25) is 0 Å². The molecule has 0 saturated carbocycles. The van der Waals surface area contributed by atoms with Crippen LogP contribution in [-0.2, 0) is 6.54 Å². The number of carboxylic acids is 1. The molecule has 0 aliphatic heterocycles. The highest BCUT2D eigenvalue weighted by Crippen LogP contribution is 2.21. The number of carboxylic acid groups (broad SMARTS) is 1. The Balaban J connectivity index is 2.22. The Morgan fingerprint density at radius 1 is 1.33 bits per heavy atom. The van der Waals surface area contributed by atoms with E-state index in [1.165, 1.54) is 12.1 Å². The monoisotopic (exact) mass is 284 g/mol. The van der Waals surface area contributed by atoms with Gasteiger partial charge in [0.1, 0.15) is 5.82 Å². The molecule has 0 aliphatic carbocycles. The predicted octanol–water partition coefficient (Wildman–Crippen LogP) is 3.03. The van der Waals surface area contributed by atoms with E-state index in [0.29, 0.717) is 17.8 Å². The van der Waals surface area contributed by atoms with Crippen LogP contribution in [0.5, 0.6) is 0 Å². The number of hydrogen-bond donors (Lipinski definition) is 1. The lowest BCUT2D eigenvalue weighted by Crippen LogP contribution is -2.18. The standard InChI is InChI=1S/C16H13FN2O2/c1-19(10-12-4-2-3-11(7-12)9-18)15-6-5-13(16(20)21)8-14(15)17/h2-8H,10H2,1H3,(H,20,21). The fraction of sp³-hybridized carbons (Fsp3) is 0.125.